The zero-order valence-electron chi connectivity index (χ0n) is 18.3. The Balaban J connectivity index is 1.41. The molecule has 0 aliphatic heterocycles. The molecule has 4 aliphatic carbocycles. The summed E-state index contributed by atoms with van der Waals surface area (Å²) in [5, 5.41) is 12.9. The van der Waals surface area contributed by atoms with Crippen molar-refractivity contribution in [2.45, 2.75) is 70.8 Å². The van der Waals surface area contributed by atoms with Gasteiger partial charge in [0, 0.05) is 5.30 Å². The highest BCUT2D eigenvalue weighted by Crippen LogP contribution is 2.70. The molecule has 3 heteroatoms. The summed E-state index contributed by atoms with van der Waals surface area (Å²) in [7, 11) is -2.51. The molecule has 29 heavy (non-hydrogen) atoms. The van der Waals surface area contributed by atoms with Gasteiger partial charge >= 0.3 is 0 Å². The van der Waals surface area contributed by atoms with Crippen LogP contribution in [0.4, 0.5) is 0 Å². The summed E-state index contributed by atoms with van der Waals surface area (Å²) in [6.45, 7) is 6.49. The maximum absolute atomic E-state index is 14.0. The second kappa shape index (κ2) is 6.83. The van der Waals surface area contributed by atoms with E-state index in [2.05, 4.69) is 25.1 Å². The van der Waals surface area contributed by atoms with Crippen LogP contribution in [-0.2, 0) is 4.57 Å². The molecule has 2 nitrogen and oxygen atoms in total. The van der Waals surface area contributed by atoms with Crippen molar-refractivity contribution in [2.24, 2.45) is 35.0 Å². The van der Waals surface area contributed by atoms with Crippen LogP contribution in [0.5, 0.6) is 0 Å². The Morgan fingerprint density at radius 3 is 2.45 bits per heavy atom. The fraction of sp³-hybridized carbons (Fsp3) is 0.692. The van der Waals surface area contributed by atoms with E-state index in [0.29, 0.717) is 5.92 Å². The van der Waals surface area contributed by atoms with Crippen molar-refractivity contribution in [1.29, 1.82) is 0 Å². The van der Waals surface area contributed by atoms with E-state index in [4.69, 9.17) is 0 Å². The van der Waals surface area contributed by atoms with Crippen LogP contribution >= 0.6 is 7.14 Å². The molecule has 4 aliphatic rings. The third kappa shape index (κ3) is 3.12. The SMILES string of the molecule is C[C@@]1(O)CC[C@H]2[C@H](CC[C@@H]3[C@@H]2CC[C@]2(C)C(P(C)(=O)c4ccccc4)=CC[C@@H]32)C1. The maximum atomic E-state index is 14.0. The van der Waals surface area contributed by atoms with E-state index in [1.165, 1.54) is 37.4 Å². The molecule has 1 N–H and O–H groups in total. The molecular weight excluding hydrogens is 375 g/mol. The average Bonchev–Trinajstić information content (AvgIpc) is 3.05. The van der Waals surface area contributed by atoms with Crippen LogP contribution in [-0.4, -0.2) is 17.4 Å². The maximum Gasteiger partial charge on any atom is 0.136 e. The monoisotopic (exact) mass is 412 g/mol. The number of benzene rings is 1. The molecule has 8 atom stereocenters. The van der Waals surface area contributed by atoms with Gasteiger partial charge in [0.05, 0.1) is 5.60 Å². The Kier molecular flexibility index (Phi) is 4.73. The topological polar surface area (TPSA) is 37.3 Å². The largest absolute Gasteiger partial charge is 0.390 e. The van der Waals surface area contributed by atoms with Crippen LogP contribution in [0.2, 0.25) is 0 Å². The van der Waals surface area contributed by atoms with E-state index in [-0.39, 0.29) is 5.41 Å². The highest BCUT2D eigenvalue weighted by molar-refractivity contribution is 7.74. The van der Waals surface area contributed by atoms with Gasteiger partial charge < -0.3 is 9.67 Å². The van der Waals surface area contributed by atoms with Crippen LogP contribution in [0.1, 0.15) is 65.2 Å². The van der Waals surface area contributed by atoms with E-state index in [1.807, 2.05) is 31.8 Å². The molecule has 0 spiro atoms. The summed E-state index contributed by atoms with van der Waals surface area (Å²) in [6, 6.07) is 10.2. The van der Waals surface area contributed by atoms with Gasteiger partial charge in [-0.15, -0.1) is 0 Å². The van der Waals surface area contributed by atoms with Crippen molar-refractivity contribution in [3.05, 3.63) is 41.7 Å². The first-order valence-corrected chi connectivity index (χ1v) is 13.9. The minimum Gasteiger partial charge on any atom is -0.390 e. The van der Waals surface area contributed by atoms with Crippen LogP contribution in [0.3, 0.4) is 0 Å². The Labute approximate surface area is 176 Å². The fourth-order valence-electron chi connectivity index (χ4n) is 8.14. The van der Waals surface area contributed by atoms with Crippen molar-refractivity contribution in [3.8, 4) is 0 Å². The van der Waals surface area contributed by atoms with Crippen molar-refractivity contribution in [2.75, 3.05) is 6.66 Å². The lowest BCUT2D eigenvalue weighted by atomic mass is 9.50. The Morgan fingerprint density at radius 1 is 0.966 bits per heavy atom. The van der Waals surface area contributed by atoms with Crippen LogP contribution in [0.25, 0.3) is 0 Å². The van der Waals surface area contributed by atoms with E-state index >= 15 is 0 Å². The molecular formula is C26H37O2P. The number of aliphatic hydroxyl groups is 1. The fourth-order valence-corrected chi connectivity index (χ4v) is 10.9. The summed E-state index contributed by atoms with van der Waals surface area (Å²) in [5.74, 6) is 3.80. The lowest BCUT2D eigenvalue weighted by Gasteiger charge is -2.57. The summed E-state index contributed by atoms with van der Waals surface area (Å²) < 4.78 is 14.0. The van der Waals surface area contributed by atoms with Gasteiger partial charge in [0.1, 0.15) is 7.14 Å². The Bertz CT molecular complexity index is 857. The molecule has 0 saturated heterocycles. The Hall–Kier alpha value is -0.850. The predicted octanol–water partition coefficient (Wildman–Crippen LogP) is 6.20. The second-order valence-corrected chi connectivity index (χ2v) is 14.1. The van der Waals surface area contributed by atoms with Gasteiger partial charge in [0.2, 0.25) is 0 Å². The highest BCUT2D eigenvalue weighted by atomic mass is 31.2. The normalized spacial score (nSPS) is 46.1. The molecule has 0 amide bonds. The van der Waals surface area contributed by atoms with Crippen LogP contribution in [0.15, 0.2) is 41.7 Å². The molecule has 1 unspecified atom stereocenters. The molecule has 158 valence electrons. The second-order valence-electron chi connectivity index (χ2n) is 11.2. The zero-order valence-corrected chi connectivity index (χ0v) is 19.2. The van der Waals surface area contributed by atoms with Crippen LogP contribution < -0.4 is 5.30 Å². The third-order valence-electron chi connectivity index (χ3n) is 9.49. The quantitative estimate of drug-likeness (QED) is 0.587. The van der Waals surface area contributed by atoms with E-state index in [0.717, 1.165) is 48.2 Å². The molecule has 3 saturated carbocycles. The predicted molar refractivity (Wildman–Crippen MR) is 121 cm³/mol. The van der Waals surface area contributed by atoms with E-state index in [9.17, 15) is 9.67 Å². The van der Waals surface area contributed by atoms with Gasteiger partial charge in [-0.3, -0.25) is 0 Å². The summed E-state index contributed by atoms with van der Waals surface area (Å²) in [5.41, 5.74) is -0.335. The van der Waals surface area contributed by atoms with E-state index in [1.54, 1.807) is 0 Å². The summed E-state index contributed by atoms with van der Waals surface area (Å²) in [4.78, 5) is 0. The van der Waals surface area contributed by atoms with Gasteiger partial charge in [0.15, 0.2) is 0 Å². The van der Waals surface area contributed by atoms with Crippen molar-refractivity contribution >= 4 is 12.4 Å². The van der Waals surface area contributed by atoms with Crippen molar-refractivity contribution in [1.82, 2.24) is 0 Å². The van der Waals surface area contributed by atoms with Crippen molar-refractivity contribution < 1.29 is 9.67 Å². The summed E-state index contributed by atoms with van der Waals surface area (Å²) in [6.07, 6.45) is 11.8. The standard InChI is InChI=1S/C26H37O2P/c1-25(27)15-13-20-18(17-25)9-10-22-21(20)14-16-26(2)23(22)11-12-24(26)29(3,28)19-7-5-4-6-8-19/h4-8,12,18,20-23,27H,9-11,13-17H2,1-3H3/t18-,20+,21-,22-,23+,25-,26+,29?/m1/s1. The van der Waals surface area contributed by atoms with Gasteiger partial charge in [-0.1, -0.05) is 43.3 Å². The van der Waals surface area contributed by atoms with Gasteiger partial charge in [-0.2, -0.15) is 0 Å². The lowest BCUT2D eigenvalue weighted by Crippen LogP contribution is -2.50. The minimum atomic E-state index is -2.51. The molecule has 0 aromatic heterocycles. The molecule has 1 aromatic carbocycles. The van der Waals surface area contributed by atoms with Gasteiger partial charge in [-0.25, -0.2) is 0 Å². The molecule has 1 aromatic rings. The lowest BCUT2D eigenvalue weighted by molar-refractivity contribution is -0.0902. The number of hydrogen-bond donors (Lipinski definition) is 1. The smallest absolute Gasteiger partial charge is 0.136 e. The highest BCUT2D eigenvalue weighted by Gasteiger charge is 2.57. The van der Waals surface area contributed by atoms with E-state index < -0.39 is 12.7 Å². The van der Waals surface area contributed by atoms with Gasteiger partial charge in [-0.05, 0) is 105 Å². The summed E-state index contributed by atoms with van der Waals surface area (Å²) >= 11 is 0. The minimum absolute atomic E-state index is 0.105. The molecule has 0 heterocycles. The van der Waals surface area contributed by atoms with Crippen LogP contribution in [0, 0.1) is 35.0 Å². The first-order chi connectivity index (χ1) is 13.7. The number of fused-ring (bicyclic) bond motifs is 5. The average molecular weight is 413 g/mol. The Morgan fingerprint density at radius 2 is 1.69 bits per heavy atom. The number of rotatable bonds is 2. The number of allylic oxidation sites excluding steroid dienone is 2. The zero-order chi connectivity index (χ0) is 20.4. The first-order valence-electron chi connectivity index (χ1n) is 11.8. The third-order valence-corrected chi connectivity index (χ3v) is 12.4. The molecule has 5 rings (SSSR count). The molecule has 0 bridgehead atoms. The number of hydrogen-bond acceptors (Lipinski definition) is 2. The first kappa shape index (κ1) is 20.1. The van der Waals surface area contributed by atoms with Crippen molar-refractivity contribution in [3.63, 3.8) is 0 Å². The molecule has 0 radical (unpaired) electrons. The molecule has 3 fully saturated rings. The van der Waals surface area contributed by atoms with Gasteiger partial charge in [0.25, 0.3) is 0 Å².